The number of benzene rings is 1. The van der Waals surface area contributed by atoms with E-state index in [0.717, 1.165) is 5.56 Å². The zero-order valence-corrected chi connectivity index (χ0v) is 11.0. The van der Waals surface area contributed by atoms with Gasteiger partial charge in [0.05, 0.1) is 4.90 Å². The van der Waals surface area contributed by atoms with Crippen LogP contribution in [0.1, 0.15) is 5.56 Å². The number of hydrogen-bond acceptors (Lipinski definition) is 4. The van der Waals surface area contributed by atoms with Crippen LogP contribution in [0.4, 0.5) is 0 Å². The van der Waals surface area contributed by atoms with Crippen molar-refractivity contribution >= 4 is 10.0 Å². The van der Waals surface area contributed by atoms with Gasteiger partial charge in [-0.1, -0.05) is 12.1 Å². The predicted octanol–water partition coefficient (Wildman–Crippen LogP) is -0.0148. The Hall–Kier alpha value is -0.950. The molecule has 5 nitrogen and oxygen atoms in total. The molecule has 0 aromatic heterocycles. The van der Waals surface area contributed by atoms with E-state index in [1.54, 1.807) is 24.3 Å². The second kappa shape index (κ2) is 6.11. The molecule has 0 atom stereocenters. The summed E-state index contributed by atoms with van der Waals surface area (Å²) in [6.45, 7) is 1.39. The van der Waals surface area contributed by atoms with E-state index in [0.29, 0.717) is 19.6 Å². The van der Waals surface area contributed by atoms with Crippen LogP contribution >= 0.6 is 0 Å². The van der Waals surface area contributed by atoms with Gasteiger partial charge in [-0.3, -0.25) is 0 Å². The number of sulfonamides is 1. The Morgan fingerprint density at radius 3 is 2.65 bits per heavy atom. The van der Waals surface area contributed by atoms with E-state index < -0.39 is 10.0 Å². The summed E-state index contributed by atoms with van der Waals surface area (Å²) in [4.78, 5) is 2.18. The van der Waals surface area contributed by atoms with Gasteiger partial charge in [-0.15, -0.1) is 0 Å². The number of hydrogen-bond donors (Lipinski definition) is 2. The summed E-state index contributed by atoms with van der Waals surface area (Å²) in [7, 11) is 0.364. The highest BCUT2D eigenvalue weighted by Gasteiger charge is 2.13. The number of rotatable bonds is 6. The van der Waals surface area contributed by atoms with Crippen molar-refractivity contribution in [2.45, 2.75) is 11.4 Å². The predicted molar refractivity (Wildman–Crippen MR) is 68.1 cm³/mol. The molecule has 1 aromatic carbocycles. The highest BCUT2D eigenvalue weighted by molar-refractivity contribution is 7.89. The minimum Gasteiger partial charge on any atom is -0.326 e. The Labute approximate surface area is 103 Å². The fraction of sp³-hybridized carbons (Fsp3) is 0.455. The molecule has 17 heavy (non-hydrogen) atoms. The summed E-state index contributed by atoms with van der Waals surface area (Å²) in [5.74, 6) is 0. The van der Waals surface area contributed by atoms with Crippen molar-refractivity contribution < 1.29 is 8.42 Å². The summed E-state index contributed by atoms with van der Waals surface area (Å²) in [5, 5.41) is 0. The third-order valence-corrected chi connectivity index (χ3v) is 3.75. The number of likely N-dealkylation sites (N-methyl/N-ethyl adjacent to an activating group) is 1. The van der Waals surface area contributed by atoms with Gasteiger partial charge in [-0.05, 0) is 31.8 Å². The van der Waals surface area contributed by atoms with Crippen LogP contribution in [0.15, 0.2) is 29.2 Å². The molecule has 3 N–H and O–H groups in total. The Balaban J connectivity index is 2.75. The summed E-state index contributed by atoms with van der Waals surface area (Å²) in [6.07, 6.45) is 0. The fourth-order valence-corrected chi connectivity index (χ4v) is 2.42. The molecule has 0 saturated carbocycles. The third kappa shape index (κ3) is 4.43. The van der Waals surface area contributed by atoms with E-state index in [4.69, 9.17) is 5.73 Å². The van der Waals surface area contributed by atoms with Crippen molar-refractivity contribution in [1.29, 1.82) is 0 Å². The summed E-state index contributed by atoms with van der Waals surface area (Å²) < 4.78 is 26.4. The van der Waals surface area contributed by atoms with E-state index in [2.05, 4.69) is 4.72 Å². The summed E-state index contributed by atoms with van der Waals surface area (Å²) >= 11 is 0. The molecule has 0 amide bonds. The van der Waals surface area contributed by atoms with Gasteiger partial charge < -0.3 is 10.6 Å². The Kier molecular flexibility index (Phi) is 5.07. The number of nitrogens with one attached hydrogen (secondary N) is 1. The van der Waals surface area contributed by atoms with Crippen LogP contribution in [0.25, 0.3) is 0 Å². The molecule has 1 aromatic rings. The summed E-state index contributed by atoms with van der Waals surface area (Å²) in [5.41, 5.74) is 6.29. The van der Waals surface area contributed by atoms with Crippen molar-refractivity contribution in [3.63, 3.8) is 0 Å². The lowest BCUT2D eigenvalue weighted by Gasteiger charge is -2.11. The number of nitrogens with zero attached hydrogens (tertiary/aromatic N) is 1. The standard InChI is InChI=1S/C11H19N3O2S/c1-14(2)7-6-13-17(15,16)11-5-3-4-10(8-11)9-12/h3-5,8,13H,6-7,9,12H2,1-2H3. The molecular formula is C11H19N3O2S. The SMILES string of the molecule is CN(C)CCNS(=O)(=O)c1cccc(CN)c1. The van der Waals surface area contributed by atoms with Crippen molar-refractivity contribution in [1.82, 2.24) is 9.62 Å². The maximum atomic E-state index is 11.9. The maximum Gasteiger partial charge on any atom is 0.240 e. The van der Waals surface area contributed by atoms with Gasteiger partial charge >= 0.3 is 0 Å². The molecule has 0 aliphatic rings. The molecule has 1 rings (SSSR count). The smallest absolute Gasteiger partial charge is 0.240 e. The van der Waals surface area contributed by atoms with Crippen molar-refractivity contribution in [2.75, 3.05) is 27.2 Å². The summed E-state index contributed by atoms with van der Waals surface area (Å²) in [6, 6.07) is 6.66. The lowest BCUT2D eigenvalue weighted by atomic mass is 10.2. The van der Waals surface area contributed by atoms with Gasteiger partial charge in [0.2, 0.25) is 10.0 Å². The van der Waals surface area contributed by atoms with Gasteiger partial charge in [0.15, 0.2) is 0 Å². The Morgan fingerprint density at radius 1 is 1.35 bits per heavy atom. The molecule has 96 valence electrons. The zero-order valence-electron chi connectivity index (χ0n) is 10.2. The van der Waals surface area contributed by atoms with Crippen molar-refractivity contribution in [3.05, 3.63) is 29.8 Å². The highest BCUT2D eigenvalue weighted by atomic mass is 32.2. The average Bonchev–Trinajstić information content (AvgIpc) is 2.28. The van der Waals surface area contributed by atoms with Gasteiger partial charge in [0, 0.05) is 19.6 Å². The molecule has 6 heteroatoms. The minimum absolute atomic E-state index is 0.263. The van der Waals surface area contributed by atoms with E-state index in [1.807, 2.05) is 19.0 Å². The molecule has 0 spiro atoms. The topological polar surface area (TPSA) is 75.4 Å². The monoisotopic (exact) mass is 257 g/mol. The molecule has 0 bridgehead atoms. The van der Waals surface area contributed by atoms with Gasteiger partial charge in [0.1, 0.15) is 0 Å². The van der Waals surface area contributed by atoms with Gasteiger partial charge in [-0.2, -0.15) is 0 Å². The molecule has 0 fully saturated rings. The molecule has 0 radical (unpaired) electrons. The Morgan fingerprint density at radius 2 is 2.06 bits per heavy atom. The average molecular weight is 257 g/mol. The van der Waals surface area contributed by atoms with Crippen LogP contribution in [-0.4, -0.2) is 40.5 Å². The van der Waals surface area contributed by atoms with Crippen molar-refractivity contribution in [2.24, 2.45) is 5.73 Å². The van der Waals surface area contributed by atoms with Gasteiger partial charge in [0.25, 0.3) is 0 Å². The molecule has 0 heterocycles. The van der Waals surface area contributed by atoms with E-state index in [-0.39, 0.29) is 4.90 Å². The second-order valence-electron chi connectivity index (χ2n) is 4.05. The number of nitrogens with two attached hydrogens (primary N) is 1. The first-order valence-electron chi connectivity index (χ1n) is 5.39. The fourth-order valence-electron chi connectivity index (χ4n) is 1.33. The quantitative estimate of drug-likeness (QED) is 0.751. The third-order valence-electron chi connectivity index (χ3n) is 2.30. The molecule has 0 unspecified atom stereocenters. The van der Waals surface area contributed by atoms with Crippen LogP contribution in [0.2, 0.25) is 0 Å². The van der Waals surface area contributed by atoms with E-state index >= 15 is 0 Å². The van der Waals surface area contributed by atoms with Crippen molar-refractivity contribution in [3.8, 4) is 0 Å². The normalized spacial score (nSPS) is 12.0. The minimum atomic E-state index is -3.42. The van der Waals surface area contributed by atoms with Crippen LogP contribution in [-0.2, 0) is 16.6 Å². The lowest BCUT2D eigenvalue weighted by molar-refractivity contribution is 0.412. The highest BCUT2D eigenvalue weighted by Crippen LogP contribution is 2.10. The zero-order chi connectivity index (χ0) is 12.9. The first-order chi connectivity index (χ1) is 7.95. The van der Waals surface area contributed by atoms with Gasteiger partial charge in [-0.25, -0.2) is 13.1 Å². The second-order valence-corrected chi connectivity index (χ2v) is 5.82. The molecular weight excluding hydrogens is 238 g/mol. The lowest BCUT2D eigenvalue weighted by Crippen LogP contribution is -2.31. The Bertz CT molecular complexity index is 458. The van der Waals surface area contributed by atoms with E-state index in [9.17, 15) is 8.42 Å². The van der Waals surface area contributed by atoms with Crippen LogP contribution < -0.4 is 10.5 Å². The van der Waals surface area contributed by atoms with E-state index in [1.165, 1.54) is 0 Å². The molecule has 0 aliphatic carbocycles. The maximum absolute atomic E-state index is 11.9. The first-order valence-corrected chi connectivity index (χ1v) is 6.87. The molecule has 0 saturated heterocycles. The van der Waals surface area contributed by atoms with Crippen LogP contribution in [0.3, 0.4) is 0 Å². The van der Waals surface area contributed by atoms with Crippen LogP contribution in [0, 0.1) is 0 Å². The first kappa shape index (κ1) is 14.1. The molecule has 0 aliphatic heterocycles. The van der Waals surface area contributed by atoms with Crippen LogP contribution in [0.5, 0.6) is 0 Å². The largest absolute Gasteiger partial charge is 0.326 e.